The third-order valence-corrected chi connectivity index (χ3v) is 5.22. The Hall–Kier alpha value is -3.39. The van der Waals surface area contributed by atoms with Gasteiger partial charge in [-0.25, -0.2) is 4.98 Å². The molecule has 156 valence electrons. The second-order valence-electron chi connectivity index (χ2n) is 6.71. The largest absolute Gasteiger partial charge is 0.493 e. The highest BCUT2D eigenvalue weighted by molar-refractivity contribution is 7.14. The first-order chi connectivity index (χ1) is 14.4. The van der Waals surface area contributed by atoms with Crippen LogP contribution >= 0.6 is 11.3 Å². The number of aromatic nitrogens is 1. The number of hydrogen-bond acceptors (Lipinski definition) is 6. The zero-order valence-corrected chi connectivity index (χ0v) is 18.1. The van der Waals surface area contributed by atoms with E-state index in [1.165, 1.54) is 25.6 Å². The van der Waals surface area contributed by atoms with Gasteiger partial charge in [-0.2, -0.15) is 0 Å². The Morgan fingerprint density at radius 3 is 2.47 bits per heavy atom. The molecule has 2 amide bonds. The molecule has 0 radical (unpaired) electrons. The van der Waals surface area contributed by atoms with Crippen LogP contribution in [0.15, 0.2) is 41.8 Å². The number of nitrogens with one attached hydrogen (secondary N) is 2. The average Bonchev–Trinajstić information content (AvgIpc) is 3.16. The van der Waals surface area contributed by atoms with E-state index in [2.05, 4.69) is 15.6 Å². The van der Waals surface area contributed by atoms with Crippen LogP contribution in [0.2, 0.25) is 0 Å². The van der Waals surface area contributed by atoms with Crippen molar-refractivity contribution in [3.63, 3.8) is 0 Å². The van der Waals surface area contributed by atoms with Gasteiger partial charge in [0.2, 0.25) is 5.91 Å². The van der Waals surface area contributed by atoms with Crippen molar-refractivity contribution in [2.24, 2.45) is 0 Å². The lowest BCUT2D eigenvalue weighted by molar-refractivity contribution is -0.115. The minimum absolute atomic E-state index is 0.121. The van der Waals surface area contributed by atoms with E-state index >= 15 is 0 Å². The van der Waals surface area contributed by atoms with E-state index in [4.69, 9.17) is 9.47 Å². The lowest BCUT2D eigenvalue weighted by atomic mass is 10.1. The van der Waals surface area contributed by atoms with Crippen molar-refractivity contribution in [3.05, 3.63) is 64.2 Å². The number of methoxy groups -OCH3 is 2. The Bertz CT molecular complexity index is 1080. The molecule has 0 unspecified atom stereocenters. The van der Waals surface area contributed by atoms with E-state index in [-0.39, 0.29) is 18.2 Å². The summed E-state index contributed by atoms with van der Waals surface area (Å²) in [7, 11) is 3.04. The van der Waals surface area contributed by atoms with E-state index in [1.54, 1.807) is 23.6 Å². The number of hydrogen-bond donors (Lipinski definition) is 2. The first-order valence-corrected chi connectivity index (χ1v) is 10.1. The highest BCUT2D eigenvalue weighted by Gasteiger charge is 2.14. The van der Waals surface area contributed by atoms with Gasteiger partial charge in [-0.15, -0.1) is 11.3 Å². The molecule has 0 aliphatic heterocycles. The molecule has 2 N–H and O–H groups in total. The van der Waals surface area contributed by atoms with Gasteiger partial charge in [0.05, 0.1) is 26.3 Å². The highest BCUT2D eigenvalue weighted by atomic mass is 32.1. The van der Waals surface area contributed by atoms with E-state index in [0.717, 1.165) is 16.8 Å². The van der Waals surface area contributed by atoms with Crippen LogP contribution in [0, 0.1) is 13.8 Å². The summed E-state index contributed by atoms with van der Waals surface area (Å²) in [4.78, 5) is 29.2. The van der Waals surface area contributed by atoms with E-state index in [1.807, 2.05) is 32.0 Å². The SMILES string of the molecule is COc1ccc(C(=O)Nc2nc(CC(=O)Nc3ccc(C)cc3C)cs2)cc1OC. The molecule has 3 aromatic rings. The predicted molar refractivity (Wildman–Crippen MR) is 118 cm³/mol. The van der Waals surface area contributed by atoms with Gasteiger partial charge >= 0.3 is 0 Å². The van der Waals surface area contributed by atoms with Crippen molar-refractivity contribution in [1.82, 2.24) is 4.98 Å². The van der Waals surface area contributed by atoms with Gasteiger partial charge in [-0.3, -0.25) is 14.9 Å². The van der Waals surface area contributed by atoms with E-state index in [0.29, 0.717) is 27.9 Å². The normalized spacial score (nSPS) is 10.4. The number of nitrogens with zero attached hydrogens (tertiary/aromatic N) is 1. The van der Waals surface area contributed by atoms with Gasteiger partial charge < -0.3 is 14.8 Å². The second kappa shape index (κ2) is 9.41. The van der Waals surface area contributed by atoms with Crippen LogP contribution in [-0.2, 0) is 11.2 Å². The standard InChI is InChI=1S/C22H23N3O4S/c1-13-5-7-17(14(2)9-13)24-20(26)11-16-12-30-22(23-16)25-21(27)15-6-8-18(28-3)19(10-15)29-4/h5-10,12H,11H2,1-4H3,(H,24,26)(H,23,25,27). The van der Waals surface area contributed by atoms with Crippen LogP contribution in [0.3, 0.4) is 0 Å². The molecule has 0 bridgehead atoms. The van der Waals surface area contributed by atoms with Crippen LogP contribution in [-0.4, -0.2) is 31.0 Å². The fourth-order valence-corrected chi connectivity index (χ4v) is 3.61. The molecule has 2 aromatic carbocycles. The fraction of sp³-hybridized carbons (Fsp3) is 0.227. The number of carbonyl (C=O) groups excluding carboxylic acids is 2. The van der Waals surface area contributed by atoms with E-state index < -0.39 is 0 Å². The Balaban J connectivity index is 1.62. The molecular weight excluding hydrogens is 402 g/mol. The average molecular weight is 426 g/mol. The van der Waals surface area contributed by atoms with Gasteiger partial charge in [0.1, 0.15) is 0 Å². The molecule has 3 rings (SSSR count). The van der Waals surface area contributed by atoms with Crippen molar-refractivity contribution in [1.29, 1.82) is 0 Å². The van der Waals surface area contributed by atoms with Crippen molar-refractivity contribution >= 4 is 34.0 Å². The minimum atomic E-state index is -0.323. The Kier molecular flexibility index (Phi) is 6.68. The number of rotatable bonds is 7. The van der Waals surface area contributed by atoms with E-state index in [9.17, 15) is 9.59 Å². The third kappa shape index (κ3) is 5.15. The summed E-state index contributed by atoms with van der Waals surface area (Å²) in [5.74, 6) is 0.523. The van der Waals surface area contributed by atoms with Gasteiger partial charge in [0.25, 0.3) is 5.91 Å². The highest BCUT2D eigenvalue weighted by Crippen LogP contribution is 2.28. The first kappa shape index (κ1) is 21.3. The quantitative estimate of drug-likeness (QED) is 0.592. The molecule has 8 heteroatoms. The van der Waals surface area contributed by atoms with Crippen LogP contribution in [0.25, 0.3) is 0 Å². The van der Waals surface area contributed by atoms with Crippen LogP contribution < -0.4 is 20.1 Å². The monoisotopic (exact) mass is 425 g/mol. The summed E-state index contributed by atoms with van der Waals surface area (Å²) in [5, 5.41) is 7.82. The maximum absolute atomic E-state index is 12.5. The molecular formula is C22H23N3O4S. The smallest absolute Gasteiger partial charge is 0.257 e. The molecule has 0 saturated heterocycles. The molecule has 0 fully saturated rings. The maximum atomic E-state index is 12.5. The van der Waals surface area contributed by atoms with Crippen molar-refractivity contribution in [2.45, 2.75) is 20.3 Å². The van der Waals surface area contributed by atoms with Gasteiger partial charge in [-0.1, -0.05) is 17.7 Å². The molecule has 30 heavy (non-hydrogen) atoms. The molecule has 0 aliphatic carbocycles. The molecule has 0 aliphatic rings. The number of anilines is 2. The Morgan fingerprint density at radius 1 is 1.00 bits per heavy atom. The number of ether oxygens (including phenoxy) is 2. The van der Waals surface area contributed by atoms with Crippen molar-refractivity contribution < 1.29 is 19.1 Å². The zero-order valence-electron chi connectivity index (χ0n) is 17.2. The molecule has 0 atom stereocenters. The number of aryl methyl sites for hydroxylation is 2. The number of thiazole rings is 1. The number of carbonyl (C=O) groups is 2. The summed E-state index contributed by atoms with van der Waals surface area (Å²) in [6.07, 6.45) is 0.121. The van der Waals surface area contributed by atoms with Crippen LogP contribution in [0.5, 0.6) is 11.5 Å². The van der Waals surface area contributed by atoms with Gasteiger partial charge in [0, 0.05) is 16.6 Å². The maximum Gasteiger partial charge on any atom is 0.257 e. The fourth-order valence-electron chi connectivity index (χ4n) is 2.91. The Morgan fingerprint density at radius 2 is 1.77 bits per heavy atom. The summed E-state index contributed by atoms with van der Waals surface area (Å²) < 4.78 is 10.4. The summed E-state index contributed by atoms with van der Waals surface area (Å²) in [6, 6.07) is 10.8. The molecule has 0 saturated carbocycles. The zero-order chi connectivity index (χ0) is 21.7. The summed E-state index contributed by atoms with van der Waals surface area (Å²) >= 11 is 1.26. The summed E-state index contributed by atoms with van der Waals surface area (Å²) in [5.41, 5.74) is 3.93. The van der Waals surface area contributed by atoms with Gasteiger partial charge in [0.15, 0.2) is 16.6 Å². The van der Waals surface area contributed by atoms with Gasteiger partial charge in [-0.05, 0) is 43.7 Å². The van der Waals surface area contributed by atoms with Crippen molar-refractivity contribution in [2.75, 3.05) is 24.9 Å². The minimum Gasteiger partial charge on any atom is -0.493 e. The number of benzene rings is 2. The summed E-state index contributed by atoms with van der Waals surface area (Å²) in [6.45, 7) is 3.96. The van der Waals surface area contributed by atoms with Crippen LogP contribution in [0.1, 0.15) is 27.2 Å². The molecule has 0 spiro atoms. The van der Waals surface area contributed by atoms with Crippen molar-refractivity contribution in [3.8, 4) is 11.5 Å². The molecule has 1 aromatic heterocycles. The number of amides is 2. The lowest BCUT2D eigenvalue weighted by Gasteiger charge is -2.09. The molecule has 7 nitrogen and oxygen atoms in total. The lowest BCUT2D eigenvalue weighted by Crippen LogP contribution is -2.16. The topological polar surface area (TPSA) is 89.5 Å². The third-order valence-electron chi connectivity index (χ3n) is 4.42. The Labute approximate surface area is 179 Å². The molecule has 1 heterocycles. The predicted octanol–water partition coefficient (Wildman–Crippen LogP) is 4.21. The first-order valence-electron chi connectivity index (χ1n) is 9.24. The second-order valence-corrected chi connectivity index (χ2v) is 7.57. The van der Waals surface area contributed by atoms with Crippen LogP contribution in [0.4, 0.5) is 10.8 Å².